The third-order valence-corrected chi connectivity index (χ3v) is 6.75. The molecule has 0 aromatic carbocycles. The number of H-pyrrole nitrogens is 1. The molecule has 7 heteroatoms. The summed E-state index contributed by atoms with van der Waals surface area (Å²) in [6.45, 7) is 8.09. The van der Waals surface area contributed by atoms with E-state index in [0.29, 0.717) is 0 Å². The number of nitrogens with one attached hydrogen (secondary N) is 2. The number of anilines is 1. The van der Waals surface area contributed by atoms with Gasteiger partial charge in [-0.1, -0.05) is 0 Å². The van der Waals surface area contributed by atoms with Crippen LogP contribution in [0.15, 0.2) is 0 Å². The number of thiophene rings is 1. The van der Waals surface area contributed by atoms with E-state index in [1.165, 1.54) is 41.5 Å². The molecule has 2 N–H and O–H groups in total. The van der Waals surface area contributed by atoms with E-state index < -0.39 is 0 Å². The van der Waals surface area contributed by atoms with Crippen molar-refractivity contribution in [2.24, 2.45) is 0 Å². The summed E-state index contributed by atoms with van der Waals surface area (Å²) in [6, 6.07) is 0. The van der Waals surface area contributed by atoms with E-state index in [4.69, 9.17) is 9.97 Å². The molecule has 0 amide bonds. The number of piperazine rings is 1. The Balaban J connectivity index is 1.76. The summed E-state index contributed by atoms with van der Waals surface area (Å²) in [5.41, 5.74) is 4.57. The molecular formula is C19H24N6S. The lowest BCUT2D eigenvalue weighted by atomic mass is 9.96. The Morgan fingerprint density at radius 3 is 2.62 bits per heavy atom. The van der Waals surface area contributed by atoms with Crippen molar-refractivity contribution in [3.8, 4) is 11.4 Å². The second-order valence-corrected chi connectivity index (χ2v) is 8.39. The van der Waals surface area contributed by atoms with Gasteiger partial charge in [0.15, 0.2) is 5.82 Å². The Hall–Kier alpha value is -1.99. The SMILES string of the molecule is Cc1n[nH]c(C)c1-c1nc(N2CCNCC2)c2c3c(sc2n1)CCCC3. The normalized spacial score (nSPS) is 17.7. The fourth-order valence-corrected chi connectivity index (χ4v) is 5.49. The third-order valence-electron chi connectivity index (χ3n) is 5.56. The largest absolute Gasteiger partial charge is 0.353 e. The molecule has 4 heterocycles. The maximum Gasteiger partial charge on any atom is 0.166 e. The number of hydrogen-bond acceptors (Lipinski definition) is 6. The summed E-state index contributed by atoms with van der Waals surface area (Å²) in [5.74, 6) is 1.94. The highest BCUT2D eigenvalue weighted by Gasteiger charge is 2.26. The maximum atomic E-state index is 5.10. The van der Waals surface area contributed by atoms with Gasteiger partial charge in [0.25, 0.3) is 0 Å². The number of aromatic nitrogens is 4. The molecule has 1 fully saturated rings. The predicted molar refractivity (Wildman–Crippen MR) is 106 cm³/mol. The minimum absolute atomic E-state index is 0.813. The molecule has 0 bridgehead atoms. The van der Waals surface area contributed by atoms with Crippen LogP contribution < -0.4 is 10.2 Å². The van der Waals surface area contributed by atoms with Crippen molar-refractivity contribution in [2.45, 2.75) is 39.5 Å². The van der Waals surface area contributed by atoms with Crippen molar-refractivity contribution in [2.75, 3.05) is 31.1 Å². The first kappa shape index (κ1) is 16.2. The van der Waals surface area contributed by atoms with Gasteiger partial charge in [-0.05, 0) is 45.1 Å². The molecule has 1 aliphatic carbocycles. The van der Waals surface area contributed by atoms with Crippen LogP contribution in [0.2, 0.25) is 0 Å². The third kappa shape index (κ3) is 2.53. The van der Waals surface area contributed by atoms with Crippen LogP contribution in [0.1, 0.15) is 34.7 Å². The fourth-order valence-electron chi connectivity index (χ4n) is 4.24. The molecule has 3 aromatic rings. The van der Waals surface area contributed by atoms with Gasteiger partial charge in [0.05, 0.1) is 16.6 Å². The summed E-state index contributed by atoms with van der Waals surface area (Å²) in [6.07, 6.45) is 4.93. The molecule has 0 atom stereocenters. The van der Waals surface area contributed by atoms with Crippen LogP contribution in [0.5, 0.6) is 0 Å². The molecule has 2 aliphatic rings. The number of aryl methyl sites for hydroxylation is 4. The fraction of sp³-hybridized carbons (Fsp3) is 0.526. The molecule has 136 valence electrons. The number of rotatable bonds is 2. The number of aromatic amines is 1. The van der Waals surface area contributed by atoms with Crippen molar-refractivity contribution >= 4 is 27.4 Å². The summed E-state index contributed by atoms with van der Waals surface area (Å²) < 4.78 is 0. The van der Waals surface area contributed by atoms with Gasteiger partial charge in [-0.2, -0.15) is 5.10 Å². The van der Waals surface area contributed by atoms with E-state index in [0.717, 1.165) is 59.6 Å². The van der Waals surface area contributed by atoms with E-state index >= 15 is 0 Å². The van der Waals surface area contributed by atoms with Gasteiger partial charge < -0.3 is 10.2 Å². The average molecular weight is 369 g/mol. The summed E-state index contributed by atoms with van der Waals surface area (Å²) in [5, 5.41) is 12.2. The molecule has 3 aromatic heterocycles. The van der Waals surface area contributed by atoms with E-state index in [1.54, 1.807) is 0 Å². The van der Waals surface area contributed by atoms with Crippen molar-refractivity contribution in [3.63, 3.8) is 0 Å². The van der Waals surface area contributed by atoms with E-state index in [2.05, 4.69) is 20.4 Å². The highest BCUT2D eigenvalue weighted by molar-refractivity contribution is 7.19. The minimum atomic E-state index is 0.813. The lowest BCUT2D eigenvalue weighted by Crippen LogP contribution is -2.44. The van der Waals surface area contributed by atoms with Crippen molar-refractivity contribution < 1.29 is 0 Å². The van der Waals surface area contributed by atoms with Gasteiger partial charge in [0.1, 0.15) is 10.6 Å². The zero-order valence-electron chi connectivity index (χ0n) is 15.4. The van der Waals surface area contributed by atoms with Crippen LogP contribution in [0, 0.1) is 13.8 Å². The zero-order valence-corrected chi connectivity index (χ0v) is 16.2. The molecule has 0 radical (unpaired) electrons. The lowest BCUT2D eigenvalue weighted by Gasteiger charge is -2.29. The predicted octanol–water partition coefficient (Wildman–Crippen LogP) is 2.99. The van der Waals surface area contributed by atoms with Gasteiger partial charge in [0.2, 0.25) is 0 Å². The maximum absolute atomic E-state index is 5.10. The standard InChI is InChI=1S/C19H24N6S/c1-11-15(12(2)24-23-11)17-21-18(25-9-7-20-8-10-25)16-13-5-3-4-6-14(13)26-19(16)22-17/h20H,3-10H2,1-2H3,(H,23,24). The van der Waals surface area contributed by atoms with Crippen LogP contribution in [0.4, 0.5) is 5.82 Å². The highest BCUT2D eigenvalue weighted by Crippen LogP contribution is 2.41. The van der Waals surface area contributed by atoms with Crippen LogP contribution in [0.3, 0.4) is 0 Å². The Morgan fingerprint density at radius 2 is 1.85 bits per heavy atom. The monoisotopic (exact) mass is 368 g/mol. The Morgan fingerprint density at radius 1 is 1.04 bits per heavy atom. The van der Waals surface area contributed by atoms with E-state index in [9.17, 15) is 0 Å². The Kier molecular flexibility index (Phi) is 3.94. The smallest absolute Gasteiger partial charge is 0.166 e. The molecule has 6 nitrogen and oxygen atoms in total. The summed E-state index contributed by atoms with van der Waals surface area (Å²) in [7, 11) is 0. The van der Waals surface area contributed by atoms with Crippen molar-refractivity contribution in [1.82, 2.24) is 25.5 Å². The van der Waals surface area contributed by atoms with Crippen molar-refractivity contribution in [1.29, 1.82) is 0 Å². The minimum Gasteiger partial charge on any atom is -0.353 e. The second kappa shape index (κ2) is 6.32. The topological polar surface area (TPSA) is 69.7 Å². The van der Waals surface area contributed by atoms with Crippen LogP contribution in [-0.2, 0) is 12.8 Å². The van der Waals surface area contributed by atoms with Gasteiger partial charge >= 0.3 is 0 Å². The Bertz CT molecular complexity index is 947. The molecular weight excluding hydrogens is 344 g/mol. The lowest BCUT2D eigenvalue weighted by molar-refractivity contribution is 0.586. The first-order valence-electron chi connectivity index (χ1n) is 9.52. The Labute approximate surface area is 157 Å². The van der Waals surface area contributed by atoms with E-state index in [1.807, 2.05) is 25.2 Å². The van der Waals surface area contributed by atoms with Gasteiger partial charge in [-0.15, -0.1) is 11.3 Å². The second-order valence-electron chi connectivity index (χ2n) is 7.31. The quantitative estimate of drug-likeness (QED) is 0.728. The zero-order chi connectivity index (χ0) is 17.7. The first-order chi connectivity index (χ1) is 12.7. The van der Waals surface area contributed by atoms with Crippen LogP contribution >= 0.6 is 11.3 Å². The van der Waals surface area contributed by atoms with Gasteiger partial charge in [-0.3, -0.25) is 5.10 Å². The first-order valence-corrected chi connectivity index (χ1v) is 10.3. The summed E-state index contributed by atoms with van der Waals surface area (Å²) in [4.78, 5) is 15.2. The number of hydrogen-bond donors (Lipinski definition) is 2. The molecule has 1 aliphatic heterocycles. The molecule has 0 unspecified atom stereocenters. The van der Waals surface area contributed by atoms with Crippen LogP contribution in [0.25, 0.3) is 21.6 Å². The molecule has 26 heavy (non-hydrogen) atoms. The van der Waals surface area contributed by atoms with Crippen LogP contribution in [-0.4, -0.2) is 46.3 Å². The molecule has 5 rings (SSSR count). The molecule has 1 saturated heterocycles. The van der Waals surface area contributed by atoms with Gasteiger partial charge in [0, 0.05) is 36.8 Å². The molecule has 0 spiro atoms. The van der Waals surface area contributed by atoms with Crippen molar-refractivity contribution in [3.05, 3.63) is 21.8 Å². The average Bonchev–Trinajstić information content (AvgIpc) is 3.21. The molecule has 0 saturated carbocycles. The van der Waals surface area contributed by atoms with E-state index in [-0.39, 0.29) is 0 Å². The highest BCUT2D eigenvalue weighted by atomic mass is 32.1. The number of nitrogens with zero attached hydrogens (tertiary/aromatic N) is 4. The number of fused-ring (bicyclic) bond motifs is 3. The van der Waals surface area contributed by atoms with Gasteiger partial charge in [-0.25, -0.2) is 9.97 Å². The summed E-state index contributed by atoms with van der Waals surface area (Å²) >= 11 is 1.88.